The average molecular weight is 238 g/mol. The number of aromatic nitrogens is 2. The van der Waals surface area contributed by atoms with Crippen LogP contribution in [0.1, 0.15) is 0 Å². The van der Waals surface area contributed by atoms with Gasteiger partial charge < -0.3 is 9.84 Å². The first-order chi connectivity index (χ1) is 8.11. The highest BCUT2D eigenvalue weighted by Gasteiger charge is 2.13. The fourth-order valence-electron chi connectivity index (χ4n) is 1.38. The van der Waals surface area contributed by atoms with E-state index in [1.54, 1.807) is 0 Å². The Morgan fingerprint density at radius 2 is 2.00 bits per heavy atom. The highest BCUT2D eigenvalue weighted by Crippen LogP contribution is 2.29. The summed E-state index contributed by atoms with van der Waals surface area (Å²) < 4.78 is 31.5. The van der Waals surface area contributed by atoms with Crippen LogP contribution in [0.15, 0.2) is 24.4 Å². The molecule has 0 saturated heterocycles. The number of methoxy groups -OCH3 is 1. The lowest BCUT2D eigenvalue weighted by Gasteiger charge is -2.05. The van der Waals surface area contributed by atoms with Crippen LogP contribution in [0.4, 0.5) is 8.78 Å². The van der Waals surface area contributed by atoms with E-state index in [4.69, 9.17) is 4.74 Å². The maximum Gasteiger partial charge on any atom is 0.233 e. The molecule has 0 bridgehead atoms. The second-order valence-electron chi connectivity index (χ2n) is 3.28. The minimum absolute atomic E-state index is 0.101. The Morgan fingerprint density at radius 3 is 2.71 bits per heavy atom. The van der Waals surface area contributed by atoms with Gasteiger partial charge in [-0.3, -0.25) is 0 Å². The zero-order chi connectivity index (χ0) is 12.4. The summed E-state index contributed by atoms with van der Waals surface area (Å²) >= 11 is 0. The molecule has 1 heterocycles. The van der Waals surface area contributed by atoms with Gasteiger partial charge in [0.05, 0.1) is 13.3 Å². The third kappa shape index (κ3) is 2.15. The Labute approximate surface area is 95.5 Å². The fourth-order valence-corrected chi connectivity index (χ4v) is 1.38. The molecule has 0 aliphatic heterocycles. The highest BCUT2D eigenvalue weighted by molar-refractivity contribution is 5.65. The van der Waals surface area contributed by atoms with Gasteiger partial charge in [-0.2, -0.15) is 5.10 Å². The number of benzene rings is 1. The number of halogens is 2. The van der Waals surface area contributed by atoms with Gasteiger partial charge in [-0.25, -0.2) is 8.78 Å². The predicted octanol–water partition coefficient (Wildman–Crippen LogP) is 2.14. The predicted molar refractivity (Wildman–Crippen MR) is 55.6 cm³/mol. The summed E-state index contributed by atoms with van der Waals surface area (Å²) in [6.45, 7) is 0. The normalized spacial score (nSPS) is 10.3. The van der Waals surface area contributed by atoms with Crippen molar-refractivity contribution in [3.05, 3.63) is 36.0 Å². The molecule has 0 aliphatic rings. The molecule has 17 heavy (non-hydrogen) atoms. The van der Waals surface area contributed by atoms with Crippen molar-refractivity contribution in [2.24, 2.45) is 0 Å². The third-order valence-corrected chi connectivity index (χ3v) is 2.17. The van der Waals surface area contributed by atoms with Gasteiger partial charge in [0.25, 0.3) is 0 Å². The number of hydrogen-bond donors (Lipinski definition) is 1. The van der Waals surface area contributed by atoms with Gasteiger partial charge in [0, 0.05) is 23.3 Å². The maximum absolute atomic E-state index is 13.5. The van der Waals surface area contributed by atoms with Crippen LogP contribution < -0.4 is 4.74 Å². The molecule has 2 aromatic rings. The second kappa shape index (κ2) is 4.32. The first-order valence-corrected chi connectivity index (χ1v) is 4.67. The SMILES string of the molecule is COc1cc(-c2cc(O)cc(F)c2F)cnn1. The van der Waals surface area contributed by atoms with E-state index in [0.717, 1.165) is 6.07 Å². The van der Waals surface area contributed by atoms with Crippen LogP contribution in [0.25, 0.3) is 11.1 Å². The van der Waals surface area contributed by atoms with Crippen molar-refractivity contribution >= 4 is 0 Å². The largest absolute Gasteiger partial charge is 0.508 e. The van der Waals surface area contributed by atoms with E-state index >= 15 is 0 Å². The number of rotatable bonds is 2. The summed E-state index contributed by atoms with van der Waals surface area (Å²) in [6, 6.07) is 3.20. The lowest BCUT2D eigenvalue weighted by molar-refractivity contribution is 0.392. The van der Waals surface area contributed by atoms with Gasteiger partial charge in [0.2, 0.25) is 5.88 Å². The van der Waals surface area contributed by atoms with Crippen molar-refractivity contribution in [1.82, 2.24) is 10.2 Å². The molecule has 0 unspecified atom stereocenters. The number of ether oxygens (including phenoxy) is 1. The molecule has 1 aromatic carbocycles. The van der Waals surface area contributed by atoms with Gasteiger partial charge in [0.1, 0.15) is 5.75 Å². The van der Waals surface area contributed by atoms with Crippen LogP contribution in [-0.4, -0.2) is 22.4 Å². The molecule has 0 amide bonds. The molecule has 0 saturated carbocycles. The first-order valence-electron chi connectivity index (χ1n) is 4.67. The smallest absolute Gasteiger partial charge is 0.233 e. The Kier molecular flexibility index (Phi) is 2.86. The molecular weight excluding hydrogens is 230 g/mol. The zero-order valence-corrected chi connectivity index (χ0v) is 8.82. The summed E-state index contributed by atoms with van der Waals surface area (Å²) in [5, 5.41) is 16.4. The molecular formula is C11H8F2N2O2. The van der Waals surface area contributed by atoms with Crippen molar-refractivity contribution in [3.63, 3.8) is 0 Å². The van der Waals surface area contributed by atoms with Gasteiger partial charge in [-0.05, 0) is 6.07 Å². The van der Waals surface area contributed by atoms with Crippen molar-refractivity contribution in [1.29, 1.82) is 0 Å². The minimum atomic E-state index is -1.13. The Morgan fingerprint density at radius 1 is 1.24 bits per heavy atom. The fraction of sp³-hybridized carbons (Fsp3) is 0.0909. The zero-order valence-electron chi connectivity index (χ0n) is 8.82. The Hall–Kier alpha value is -2.24. The number of phenolic OH excluding ortho intramolecular Hbond substituents is 1. The Bertz CT molecular complexity index is 561. The van der Waals surface area contributed by atoms with Gasteiger partial charge in [-0.15, -0.1) is 5.10 Å². The van der Waals surface area contributed by atoms with Gasteiger partial charge >= 0.3 is 0 Å². The highest BCUT2D eigenvalue weighted by atomic mass is 19.2. The average Bonchev–Trinajstić information content (AvgIpc) is 2.34. The van der Waals surface area contributed by atoms with Crippen LogP contribution in [0.2, 0.25) is 0 Å². The number of aromatic hydroxyl groups is 1. The van der Waals surface area contributed by atoms with Crippen LogP contribution in [-0.2, 0) is 0 Å². The van der Waals surface area contributed by atoms with Gasteiger partial charge in [-0.1, -0.05) is 0 Å². The molecule has 0 spiro atoms. The molecule has 1 N–H and O–H groups in total. The van der Waals surface area contributed by atoms with Crippen LogP contribution in [0, 0.1) is 11.6 Å². The number of hydrogen-bond acceptors (Lipinski definition) is 4. The topological polar surface area (TPSA) is 55.2 Å². The van der Waals surface area contributed by atoms with E-state index in [1.165, 1.54) is 19.4 Å². The standard InChI is InChI=1S/C11H8F2N2O2/c1-17-10-2-6(5-14-15-10)8-3-7(16)4-9(12)11(8)13/h2-5,16H,1H3. The molecule has 2 rings (SSSR count). The molecule has 4 nitrogen and oxygen atoms in total. The van der Waals surface area contributed by atoms with Crippen LogP contribution >= 0.6 is 0 Å². The lowest BCUT2D eigenvalue weighted by Crippen LogP contribution is -1.94. The summed E-state index contributed by atoms with van der Waals surface area (Å²) in [5.74, 6) is -2.38. The number of nitrogens with zero attached hydrogens (tertiary/aromatic N) is 2. The summed E-state index contributed by atoms with van der Waals surface area (Å²) in [4.78, 5) is 0. The molecule has 0 radical (unpaired) electrons. The van der Waals surface area contributed by atoms with E-state index in [2.05, 4.69) is 10.2 Å². The number of phenols is 1. The minimum Gasteiger partial charge on any atom is -0.508 e. The molecule has 1 aromatic heterocycles. The van der Waals surface area contributed by atoms with E-state index < -0.39 is 11.6 Å². The monoisotopic (exact) mass is 238 g/mol. The molecule has 6 heteroatoms. The molecule has 88 valence electrons. The Balaban J connectivity index is 2.59. The quantitative estimate of drug-likeness (QED) is 0.870. The van der Waals surface area contributed by atoms with Crippen molar-refractivity contribution in [2.75, 3.05) is 7.11 Å². The molecule has 0 atom stereocenters. The molecule has 0 aliphatic carbocycles. The van der Waals surface area contributed by atoms with E-state index in [0.29, 0.717) is 6.07 Å². The summed E-state index contributed by atoms with van der Waals surface area (Å²) in [5.41, 5.74) is 0.167. The van der Waals surface area contributed by atoms with Crippen molar-refractivity contribution in [3.8, 4) is 22.8 Å². The first kappa shape index (κ1) is 11.3. The van der Waals surface area contributed by atoms with E-state index in [-0.39, 0.29) is 22.8 Å². The van der Waals surface area contributed by atoms with E-state index in [9.17, 15) is 13.9 Å². The summed E-state index contributed by atoms with van der Waals surface area (Å²) in [6.07, 6.45) is 1.25. The van der Waals surface area contributed by atoms with Crippen molar-refractivity contribution in [2.45, 2.75) is 0 Å². The van der Waals surface area contributed by atoms with Gasteiger partial charge in [0.15, 0.2) is 11.6 Å². The second-order valence-corrected chi connectivity index (χ2v) is 3.28. The van der Waals surface area contributed by atoms with Crippen LogP contribution in [0.3, 0.4) is 0 Å². The lowest BCUT2D eigenvalue weighted by atomic mass is 10.1. The summed E-state index contributed by atoms with van der Waals surface area (Å²) in [7, 11) is 1.38. The molecule has 0 fully saturated rings. The van der Waals surface area contributed by atoms with Crippen LogP contribution in [0.5, 0.6) is 11.6 Å². The third-order valence-electron chi connectivity index (χ3n) is 2.17. The maximum atomic E-state index is 13.5. The van der Waals surface area contributed by atoms with Crippen molar-refractivity contribution < 1.29 is 18.6 Å². The van der Waals surface area contributed by atoms with E-state index in [1.807, 2.05) is 0 Å².